The van der Waals surface area contributed by atoms with E-state index in [9.17, 15) is 8.78 Å². The molecular weight excluding hydrogens is 400 g/mol. The number of nitrogens with one attached hydrogen (secondary N) is 1. The van der Waals surface area contributed by atoms with Crippen molar-refractivity contribution in [3.63, 3.8) is 0 Å². The van der Waals surface area contributed by atoms with E-state index in [-0.39, 0.29) is 0 Å². The Hall–Kier alpha value is -1.40. The minimum Gasteiger partial charge on any atom is -0.353 e. The SMILES string of the molecule is C=CC(CN1CCC(N(C(=C)Nc2ccc(C)s2)C2CCCCC2)CC1)C(C)(F)F. The maximum atomic E-state index is 13.8. The maximum Gasteiger partial charge on any atom is 0.252 e. The molecule has 3 rings (SSSR count). The number of likely N-dealkylation sites (tertiary alicyclic amines) is 1. The van der Waals surface area contributed by atoms with E-state index in [1.165, 1.54) is 43.1 Å². The van der Waals surface area contributed by atoms with Crippen molar-refractivity contribution < 1.29 is 8.78 Å². The smallest absolute Gasteiger partial charge is 0.252 e. The molecule has 1 saturated carbocycles. The number of rotatable bonds is 9. The number of halogens is 2. The van der Waals surface area contributed by atoms with Gasteiger partial charge in [0.05, 0.1) is 16.7 Å². The molecule has 2 aliphatic rings. The van der Waals surface area contributed by atoms with E-state index < -0.39 is 11.8 Å². The third kappa shape index (κ3) is 6.07. The summed E-state index contributed by atoms with van der Waals surface area (Å²) >= 11 is 1.75. The van der Waals surface area contributed by atoms with Gasteiger partial charge in [-0.2, -0.15) is 0 Å². The van der Waals surface area contributed by atoms with Crippen LogP contribution in [0.25, 0.3) is 0 Å². The zero-order chi connectivity index (χ0) is 21.7. The lowest BCUT2D eigenvalue weighted by atomic mass is 9.91. The van der Waals surface area contributed by atoms with Crippen molar-refractivity contribution >= 4 is 16.3 Å². The van der Waals surface area contributed by atoms with Crippen LogP contribution in [0.4, 0.5) is 13.8 Å². The molecule has 0 aromatic carbocycles. The summed E-state index contributed by atoms with van der Waals surface area (Å²) in [5.41, 5.74) is 0. The molecule has 168 valence electrons. The van der Waals surface area contributed by atoms with E-state index >= 15 is 0 Å². The fourth-order valence-corrected chi connectivity index (χ4v) is 5.69. The second-order valence-corrected chi connectivity index (χ2v) is 10.3. The van der Waals surface area contributed by atoms with Gasteiger partial charge in [0.25, 0.3) is 5.92 Å². The van der Waals surface area contributed by atoms with E-state index in [0.717, 1.165) is 43.7 Å². The van der Waals surface area contributed by atoms with E-state index in [1.54, 1.807) is 11.3 Å². The first-order valence-electron chi connectivity index (χ1n) is 11.3. The second kappa shape index (κ2) is 10.3. The lowest BCUT2D eigenvalue weighted by Crippen LogP contribution is -2.51. The first kappa shape index (κ1) is 23.3. The summed E-state index contributed by atoms with van der Waals surface area (Å²) in [4.78, 5) is 6.00. The van der Waals surface area contributed by atoms with Crippen molar-refractivity contribution in [2.45, 2.75) is 76.8 Å². The highest BCUT2D eigenvalue weighted by Crippen LogP contribution is 2.33. The van der Waals surface area contributed by atoms with E-state index in [0.29, 0.717) is 18.6 Å². The van der Waals surface area contributed by atoms with Crippen LogP contribution in [0, 0.1) is 12.8 Å². The molecule has 0 bridgehead atoms. The minimum atomic E-state index is -2.72. The topological polar surface area (TPSA) is 18.5 Å². The highest BCUT2D eigenvalue weighted by Gasteiger charge is 2.36. The van der Waals surface area contributed by atoms with Gasteiger partial charge in [0.2, 0.25) is 0 Å². The fourth-order valence-electron chi connectivity index (χ4n) is 4.91. The van der Waals surface area contributed by atoms with E-state index in [2.05, 4.69) is 47.3 Å². The third-order valence-electron chi connectivity index (χ3n) is 6.63. The highest BCUT2D eigenvalue weighted by atomic mass is 32.1. The van der Waals surface area contributed by atoms with Gasteiger partial charge in [-0.15, -0.1) is 17.9 Å². The molecule has 1 aliphatic heterocycles. The van der Waals surface area contributed by atoms with Gasteiger partial charge in [-0.05, 0) is 51.7 Å². The summed E-state index contributed by atoms with van der Waals surface area (Å²) in [5.74, 6) is -2.52. The molecule has 1 saturated heterocycles. The minimum absolute atomic E-state index is 0.386. The summed E-state index contributed by atoms with van der Waals surface area (Å²) in [6.07, 6.45) is 9.68. The fraction of sp³-hybridized carbons (Fsp3) is 0.667. The van der Waals surface area contributed by atoms with Crippen LogP contribution < -0.4 is 5.32 Å². The number of piperidine rings is 1. The van der Waals surface area contributed by atoms with Crippen LogP contribution in [0.1, 0.15) is 56.7 Å². The van der Waals surface area contributed by atoms with Crippen molar-refractivity contribution in [3.8, 4) is 0 Å². The van der Waals surface area contributed by atoms with Crippen LogP contribution in [0.5, 0.6) is 0 Å². The van der Waals surface area contributed by atoms with E-state index in [4.69, 9.17) is 0 Å². The molecule has 0 amide bonds. The van der Waals surface area contributed by atoms with Crippen LogP contribution in [-0.4, -0.2) is 47.4 Å². The summed E-state index contributed by atoms with van der Waals surface area (Å²) in [7, 11) is 0. The van der Waals surface area contributed by atoms with E-state index in [1.807, 2.05) is 0 Å². The molecular formula is C24H37F2N3S. The van der Waals surface area contributed by atoms with Crippen molar-refractivity contribution in [2.75, 3.05) is 25.0 Å². The second-order valence-electron chi connectivity index (χ2n) is 9.01. The molecule has 1 aromatic heterocycles. The van der Waals surface area contributed by atoms with Gasteiger partial charge in [0.1, 0.15) is 0 Å². The summed E-state index contributed by atoms with van der Waals surface area (Å²) in [5, 5.41) is 4.69. The van der Waals surface area contributed by atoms with Crippen LogP contribution in [0.15, 0.2) is 37.2 Å². The number of thiophene rings is 1. The van der Waals surface area contributed by atoms with Crippen molar-refractivity contribution in [2.24, 2.45) is 5.92 Å². The average molecular weight is 438 g/mol. The van der Waals surface area contributed by atoms with Crippen molar-refractivity contribution in [3.05, 3.63) is 42.1 Å². The van der Waals surface area contributed by atoms with Crippen LogP contribution in [-0.2, 0) is 0 Å². The Morgan fingerprint density at radius 2 is 1.87 bits per heavy atom. The predicted molar refractivity (Wildman–Crippen MR) is 124 cm³/mol. The molecule has 30 heavy (non-hydrogen) atoms. The summed E-state index contributed by atoms with van der Waals surface area (Å²) in [6, 6.07) is 5.18. The Bertz CT molecular complexity index is 698. The number of anilines is 1. The van der Waals surface area contributed by atoms with Gasteiger partial charge in [0.15, 0.2) is 0 Å². The lowest BCUT2D eigenvalue weighted by Gasteiger charge is -2.46. The average Bonchev–Trinajstić information content (AvgIpc) is 3.12. The molecule has 3 nitrogen and oxygen atoms in total. The molecule has 1 unspecified atom stereocenters. The number of alkyl halides is 2. The number of aryl methyl sites for hydroxylation is 1. The van der Waals surface area contributed by atoms with Gasteiger partial charge in [-0.3, -0.25) is 0 Å². The quantitative estimate of drug-likeness (QED) is 0.445. The first-order chi connectivity index (χ1) is 14.3. The molecule has 0 radical (unpaired) electrons. The molecule has 2 heterocycles. The highest BCUT2D eigenvalue weighted by molar-refractivity contribution is 7.16. The predicted octanol–water partition coefficient (Wildman–Crippen LogP) is 6.50. The van der Waals surface area contributed by atoms with Gasteiger partial charge < -0.3 is 15.1 Å². The zero-order valence-corrected chi connectivity index (χ0v) is 19.3. The Morgan fingerprint density at radius 1 is 1.23 bits per heavy atom. The maximum absolute atomic E-state index is 13.8. The Balaban J connectivity index is 1.64. The van der Waals surface area contributed by atoms with Crippen LogP contribution in [0.3, 0.4) is 0 Å². The normalized spacial score (nSPS) is 20.7. The Labute approximate surface area is 184 Å². The van der Waals surface area contributed by atoms with Crippen LogP contribution >= 0.6 is 11.3 Å². The van der Waals surface area contributed by atoms with Crippen molar-refractivity contribution in [1.82, 2.24) is 9.80 Å². The molecule has 1 aliphatic carbocycles. The number of hydrogen-bond acceptors (Lipinski definition) is 4. The van der Waals surface area contributed by atoms with Gasteiger partial charge in [-0.1, -0.05) is 31.9 Å². The first-order valence-corrected chi connectivity index (χ1v) is 12.1. The Morgan fingerprint density at radius 3 is 2.40 bits per heavy atom. The van der Waals surface area contributed by atoms with Crippen molar-refractivity contribution in [1.29, 1.82) is 0 Å². The standard InChI is InChI=1S/C24H37F2N3S/c1-5-20(24(4,25)26)17-28-15-13-22(14-16-28)29(21-9-7-6-8-10-21)19(3)27-23-12-11-18(2)30-23/h5,11-12,20-22,27H,1,3,6-10,13-17H2,2,4H3. The third-order valence-corrected chi connectivity index (χ3v) is 7.54. The van der Waals surface area contributed by atoms with Gasteiger partial charge >= 0.3 is 0 Å². The van der Waals surface area contributed by atoms with Crippen LogP contribution in [0.2, 0.25) is 0 Å². The molecule has 6 heteroatoms. The molecule has 1 atom stereocenters. The monoisotopic (exact) mass is 437 g/mol. The van der Waals surface area contributed by atoms with Gasteiger partial charge in [0, 0.05) is 36.6 Å². The summed E-state index contributed by atoms with van der Waals surface area (Å²) < 4.78 is 27.6. The lowest BCUT2D eigenvalue weighted by molar-refractivity contribution is -0.0362. The summed E-state index contributed by atoms with van der Waals surface area (Å²) in [6.45, 7) is 13.2. The molecule has 0 spiro atoms. The zero-order valence-electron chi connectivity index (χ0n) is 18.5. The largest absolute Gasteiger partial charge is 0.353 e. The van der Waals surface area contributed by atoms with Gasteiger partial charge in [-0.25, -0.2) is 8.78 Å². The molecule has 2 fully saturated rings. The number of nitrogens with zero attached hydrogens (tertiary/aromatic N) is 2. The Kier molecular flexibility index (Phi) is 7.97. The number of hydrogen-bond donors (Lipinski definition) is 1. The molecule has 1 N–H and O–H groups in total. The molecule has 1 aromatic rings.